The van der Waals surface area contributed by atoms with E-state index in [9.17, 15) is 0 Å². The molecule has 1 aliphatic rings. The number of nitrogens with one attached hydrogen (secondary N) is 1. The zero-order valence-corrected chi connectivity index (χ0v) is 13.0. The summed E-state index contributed by atoms with van der Waals surface area (Å²) in [6, 6.07) is 10.9. The predicted octanol–water partition coefficient (Wildman–Crippen LogP) is 3.29. The molecule has 0 amide bonds. The Hall–Kier alpha value is -1.61. The van der Waals surface area contributed by atoms with Gasteiger partial charge >= 0.3 is 0 Å². The summed E-state index contributed by atoms with van der Waals surface area (Å²) in [4.78, 5) is 7.17. The standard InChI is InChI=1S/C15H14N4S.ClH/c16-7-3-4-10-8-13-14(9-17-10)20-15-18-11-5-1-2-6-12(11)19(13)15;/h1-2,5-6,10,17H,3-4,8-9H2;1H. The quantitative estimate of drug-likeness (QED) is 0.789. The van der Waals surface area contributed by atoms with Gasteiger partial charge in [-0.2, -0.15) is 5.26 Å². The van der Waals surface area contributed by atoms with Crippen LogP contribution in [0.5, 0.6) is 0 Å². The van der Waals surface area contributed by atoms with Gasteiger partial charge < -0.3 is 5.32 Å². The fourth-order valence-electron chi connectivity index (χ4n) is 2.96. The molecule has 4 nitrogen and oxygen atoms in total. The Bertz CT molecular complexity index is 829. The number of hydrogen-bond acceptors (Lipinski definition) is 4. The number of fused-ring (bicyclic) bond motifs is 5. The van der Waals surface area contributed by atoms with Crippen LogP contribution in [0.25, 0.3) is 16.0 Å². The van der Waals surface area contributed by atoms with E-state index in [4.69, 9.17) is 10.2 Å². The topological polar surface area (TPSA) is 53.1 Å². The Morgan fingerprint density at radius 1 is 1.43 bits per heavy atom. The van der Waals surface area contributed by atoms with Gasteiger partial charge in [-0.25, -0.2) is 4.98 Å². The summed E-state index contributed by atoms with van der Waals surface area (Å²) in [5.74, 6) is 0. The van der Waals surface area contributed by atoms with E-state index >= 15 is 0 Å². The first-order valence-corrected chi connectivity index (χ1v) is 7.66. The zero-order chi connectivity index (χ0) is 13.5. The molecule has 0 fully saturated rings. The van der Waals surface area contributed by atoms with Gasteiger partial charge in [0.2, 0.25) is 0 Å². The van der Waals surface area contributed by atoms with Gasteiger partial charge in [-0.1, -0.05) is 23.5 Å². The van der Waals surface area contributed by atoms with Crippen molar-refractivity contribution in [2.24, 2.45) is 0 Å². The van der Waals surface area contributed by atoms with Crippen molar-refractivity contribution in [3.8, 4) is 6.07 Å². The smallest absolute Gasteiger partial charge is 0.195 e. The molecule has 1 atom stereocenters. The van der Waals surface area contributed by atoms with Crippen molar-refractivity contribution in [2.45, 2.75) is 31.8 Å². The lowest BCUT2D eigenvalue weighted by atomic mass is 10.0. The molecular weight excluding hydrogens is 304 g/mol. The van der Waals surface area contributed by atoms with Crippen LogP contribution in [0.4, 0.5) is 0 Å². The highest BCUT2D eigenvalue weighted by Crippen LogP contribution is 2.31. The molecule has 0 spiro atoms. The maximum Gasteiger partial charge on any atom is 0.195 e. The summed E-state index contributed by atoms with van der Waals surface area (Å²) in [5, 5.41) is 12.3. The highest BCUT2D eigenvalue weighted by atomic mass is 35.5. The van der Waals surface area contributed by atoms with Crippen molar-refractivity contribution in [2.75, 3.05) is 0 Å². The fourth-order valence-corrected chi connectivity index (χ4v) is 4.07. The molecule has 1 aliphatic heterocycles. The van der Waals surface area contributed by atoms with Crippen molar-refractivity contribution in [1.82, 2.24) is 14.7 Å². The van der Waals surface area contributed by atoms with Crippen LogP contribution < -0.4 is 5.32 Å². The van der Waals surface area contributed by atoms with Crippen LogP contribution in [0.1, 0.15) is 23.4 Å². The molecule has 1 aromatic carbocycles. The SMILES string of the molecule is Cl.N#CCCC1Cc2c(sc3nc4ccccc4n23)CN1. The molecule has 1 N–H and O–H groups in total. The molecule has 3 heterocycles. The van der Waals surface area contributed by atoms with Crippen LogP contribution in [0.15, 0.2) is 24.3 Å². The largest absolute Gasteiger partial charge is 0.309 e. The number of thiazole rings is 1. The Balaban J connectivity index is 0.00000132. The van der Waals surface area contributed by atoms with E-state index < -0.39 is 0 Å². The van der Waals surface area contributed by atoms with E-state index in [0.717, 1.165) is 29.9 Å². The summed E-state index contributed by atoms with van der Waals surface area (Å²) in [6.07, 6.45) is 2.52. The van der Waals surface area contributed by atoms with E-state index in [2.05, 4.69) is 34.0 Å². The molecule has 0 saturated carbocycles. The third kappa shape index (κ3) is 2.30. The van der Waals surface area contributed by atoms with Crippen molar-refractivity contribution < 1.29 is 0 Å². The number of benzene rings is 1. The van der Waals surface area contributed by atoms with Gasteiger partial charge in [0.25, 0.3) is 0 Å². The molecule has 21 heavy (non-hydrogen) atoms. The third-order valence-electron chi connectivity index (χ3n) is 3.93. The molecule has 3 aromatic rings. The average molecular weight is 319 g/mol. The number of rotatable bonds is 2. The van der Waals surface area contributed by atoms with Crippen molar-refractivity contribution in [3.63, 3.8) is 0 Å². The minimum absolute atomic E-state index is 0. The van der Waals surface area contributed by atoms with Gasteiger partial charge in [-0.3, -0.25) is 4.40 Å². The highest BCUT2D eigenvalue weighted by molar-refractivity contribution is 7.17. The van der Waals surface area contributed by atoms with Gasteiger partial charge in [0.05, 0.1) is 17.1 Å². The van der Waals surface area contributed by atoms with E-state index in [-0.39, 0.29) is 12.4 Å². The summed E-state index contributed by atoms with van der Waals surface area (Å²) in [7, 11) is 0. The first-order chi connectivity index (χ1) is 9.86. The van der Waals surface area contributed by atoms with E-state index in [1.165, 1.54) is 16.1 Å². The molecule has 0 bridgehead atoms. The molecule has 0 aliphatic carbocycles. The van der Waals surface area contributed by atoms with Gasteiger partial charge in [0, 0.05) is 36.0 Å². The molecular formula is C15H15ClN4S. The number of para-hydroxylation sites is 2. The Kier molecular flexibility index (Phi) is 3.85. The van der Waals surface area contributed by atoms with Gasteiger partial charge in [0.1, 0.15) is 0 Å². The monoisotopic (exact) mass is 318 g/mol. The number of nitrogens with zero attached hydrogens (tertiary/aromatic N) is 3. The van der Waals surface area contributed by atoms with Crippen molar-refractivity contribution in [3.05, 3.63) is 34.8 Å². The lowest BCUT2D eigenvalue weighted by Crippen LogP contribution is -2.35. The third-order valence-corrected chi connectivity index (χ3v) is 5.01. The number of aromatic nitrogens is 2. The zero-order valence-electron chi connectivity index (χ0n) is 11.4. The second-order valence-corrected chi connectivity index (χ2v) is 6.23. The molecule has 108 valence electrons. The second kappa shape index (κ2) is 5.64. The normalized spacial score (nSPS) is 17.4. The average Bonchev–Trinajstić information content (AvgIpc) is 3.00. The van der Waals surface area contributed by atoms with Crippen molar-refractivity contribution in [1.29, 1.82) is 5.26 Å². The molecule has 1 unspecified atom stereocenters. The van der Waals surface area contributed by atoms with Crippen LogP contribution in [-0.2, 0) is 13.0 Å². The van der Waals surface area contributed by atoms with Crippen LogP contribution >= 0.6 is 23.7 Å². The first kappa shape index (κ1) is 14.3. The number of hydrogen-bond donors (Lipinski definition) is 1. The second-order valence-electron chi connectivity index (χ2n) is 5.17. The number of imidazole rings is 1. The van der Waals surface area contributed by atoms with E-state index in [1.807, 2.05) is 6.07 Å². The Labute approximate surface area is 132 Å². The summed E-state index contributed by atoms with van der Waals surface area (Å²) >= 11 is 1.78. The van der Waals surface area contributed by atoms with E-state index in [0.29, 0.717) is 12.5 Å². The van der Waals surface area contributed by atoms with Crippen LogP contribution in [-0.4, -0.2) is 15.4 Å². The highest BCUT2D eigenvalue weighted by Gasteiger charge is 2.24. The first-order valence-electron chi connectivity index (χ1n) is 6.85. The Morgan fingerprint density at radius 3 is 3.14 bits per heavy atom. The van der Waals surface area contributed by atoms with Crippen LogP contribution in [0.3, 0.4) is 0 Å². The minimum Gasteiger partial charge on any atom is -0.309 e. The maximum atomic E-state index is 8.74. The van der Waals surface area contributed by atoms with Gasteiger partial charge in [-0.05, 0) is 18.6 Å². The van der Waals surface area contributed by atoms with Crippen molar-refractivity contribution >= 4 is 39.7 Å². The molecule has 4 rings (SSSR count). The number of nitriles is 1. The molecule has 6 heteroatoms. The van der Waals surface area contributed by atoms with Gasteiger partial charge in [-0.15, -0.1) is 12.4 Å². The van der Waals surface area contributed by atoms with E-state index in [1.54, 1.807) is 11.3 Å². The lowest BCUT2D eigenvalue weighted by molar-refractivity contribution is 0.454. The fraction of sp³-hybridized carbons (Fsp3) is 0.333. The lowest BCUT2D eigenvalue weighted by Gasteiger charge is -2.23. The summed E-state index contributed by atoms with van der Waals surface area (Å²) in [6.45, 7) is 0.897. The summed E-state index contributed by atoms with van der Waals surface area (Å²) in [5.41, 5.74) is 3.63. The summed E-state index contributed by atoms with van der Waals surface area (Å²) < 4.78 is 2.30. The van der Waals surface area contributed by atoms with Gasteiger partial charge in [0.15, 0.2) is 4.96 Å². The number of halogens is 1. The molecule has 0 radical (unpaired) electrons. The van der Waals surface area contributed by atoms with Crippen LogP contribution in [0, 0.1) is 11.3 Å². The molecule has 2 aromatic heterocycles. The Morgan fingerprint density at radius 2 is 2.29 bits per heavy atom. The maximum absolute atomic E-state index is 8.74. The predicted molar refractivity (Wildman–Crippen MR) is 87.0 cm³/mol. The van der Waals surface area contributed by atoms with Crippen LogP contribution in [0.2, 0.25) is 0 Å². The molecule has 0 saturated heterocycles. The minimum atomic E-state index is 0.